The van der Waals surface area contributed by atoms with Crippen LogP contribution in [-0.4, -0.2) is 7.11 Å². The van der Waals surface area contributed by atoms with Gasteiger partial charge >= 0.3 is 0 Å². The fourth-order valence-electron chi connectivity index (χ4n) is 1.45. The maximum Gasteiger partial charge on any atom is 0.165 e. The van der Waals surface area contributed by atoms with Crippen LogP contribution in [0.5, 0.6) is 5.75 Å². The first-order valence-corrected chi connectivity index (χ1v) is 5.03. The molecule has 0 spiro atoms. The predicted molar refractivity (Wildman–Crippen MR) is 59.3 cm³/mol. The van der Waals surface area contributed by atoms with E-state index in [4.69, 9.17) is 10.5 Å². The Bertz CT molecular complexity index is 347. The summed E-state index contributed by atoms with van der Waals surface area (Å²) in [5.41, 5.74) is 6.30. The van der Waals surface area contributed by atoms with Crippen molar-refractivity contribution in [3.05, 3.63) is 29.6 Å². The van der Waals surface area contributed by atoms with Crippen molar-refractivity contribution in [1.29, 1.82) is 0 Å². The predicted octanol–water partition coefficient (Wildman–Crippen LogP) is 2.66. The second-order valence-electron chi connectivity index (χ2n) is 4.26. The summed E-state index contributed by atoms with van der Waals surface area (Å²) in [7, 11) is 1.46. The standard InChI is InChI=1S/C12H18FNO/c1-8(2)12(3,14)9-6-5-7-10(13)11(9)15-4/h5-8H,14H2,1-4H3. The molecule has 0 bridgehead atoms. The van der Waals surface area contributed by atoms with E-state index in [0.717, 1.165) is 0 Å². The summed E-state index contributed by atoms with van der Waals surface area (Å²) in [5.74, 6) is 0.0803. The third kappa shape index (κ3) is 2.12. The van der Waals surface area contributed by atoms with E-state index >= 15 is 0 Å². The van der Waals surface area contributed by atoms with E-state index < -0.39 is 5.54 Å². The molecule has 0 aliphatic heterocycles. The molecule has 1 aromatic carbocycles. The van der Waals surface area contributed by atoms with Crippen LogP contribution in [0.1, 0.15) is 26.3 Å². The molecule has 0 radical (unpaired) electrons. The molecule has 1 aromatic rings. The van der Waals surface area contributed by atoms with E-state index in [-0.39, 0.29) is 17.5 Å². The first-order chi connectivity index (χ1) is 6.91. The number of para-hydroxylation sites is 1. The second kappa shape index (κ2) is 4.19. The number of benzene rings is 1. The Morgan fingerprint density at radius 1 is 1.40 bits per heavy atom. The number of hydrogen-bond donors (Lipinski definition) is 1. The lowest BCUT2D eigenvalue weighted by Crippen LogP contribution is -2.39. The van der Waals surface area contributed by atoms with Crippen molar-refractivity contribution in [3.8, 4) is 5.75 Å². The number of nitrogens with two attached hydrogens (primary N) is 1. The Morgan fingerprint density at radius 2 is 2.00 bits per heavy atom. The number of rotatable bonds is 3. The maximum absolute atomic E-state index is 13.5. The zero-order valence-electron chi connectivity index (χ0n) is 9.67. The number of ether oxygens (including phenoxy) is 1. The Balaban J connectivity index is 3.31. The summed E-state index contributed by atoms with van der Waals surface area (Å²) in [6.07, 6.45) is 0. The highest BCUT2D eigenvalue weighted by Crippen LogP contribution is 2.34. The second-order valence-corrected chi connectivity index (χ2v) is 4.26. The van der Waals surface area contributed by atoms with Gasteiger partial charge in [-0.3, -0.25) is 0 Å². The van der Waals surface area contributed by atoms with E-state index in [0.29, 0.717) is 5.56 Å². The molecular formula is C12H18FNO. The van der Waals surface area contributed by atoms with Crippen molar-refractivity contribution in [2.24, 2.45) is 11.7 Å². The molecule has 0 fully saturated rings. The number of methoxy groups -OCH3 is 1. The number of halogens is 1. The molecule has 0 heterocycles. The van der Waals surface area contributed by atoms with Gasteiger partial charge in [0.2, 0.25) is 0 Å². The van der Waals surface area contributed by atoms with Gasteiger partial charge in [0.15, 0.2) is 11.6 Å². The van der Waals surface area contributed by atoms with Crippen molar-refractivity contribution in [3.63, 3.8) is 0 Å². The lowest BCUT2D eigenvalue weighted by atomic mass is 9.82. The van der Waals surface area contributed by atoms with Gasteiger partial charge in [0.1, 0.15) is 0 Å². The van der Waals surface area contributed by atoms with Gasteiger partial charge < -0.3 is 10.5 Å². The van der Waals surface area contributed by atoms with Gasteiger partial charge in [-0.1, -0.05) is 26.0 Å². The zero-order valence-corrected chi connectivity index (χ0v) is 9.67. The van der Waals surface area contributed by atoms with E-state index in [9.17, 15) is 4.39 Å². The molecule has 1 atom stereocenters. The van der Waals surface area contributed by atoms with Crippen molar-refractivity contribution in [2.75, 3.05) is 7.11 Å². The van der Waals surface area contributed by atoms with Crippen LogP contribution in [0.2, 0.25) is 0 Å². The van der Waals surface area contributed by atoms with Gasteiger partial charge in [-0.25, -0.2) is 4.39 Å². The van der Waals surface area contributed by atoms with Crippen LogP contribution in [0, 0.1) is 11.7 Å². The fraction of sp³-hybridized carbons (Fsp3) is 0.500. The molecule has 0 saturated heterocycles. The molecule has 1 rings (SSSR count). The SMILES string of the molecule is COc1c(F)cccc1C(C)(N)C(C)C. The molecule has 0 saturated carbocycles. The third-order valence-corrected chi connectivity index (χ3v) is 2.95. The van der Waals surface area contributed by atoms with Gasteiger partial charge in [0, 0.05) is 11.1 Å². The highest BCUT2D eigenvalue weighted by Gasteiger charge is 2.29. The summed E-state index contributed by atoms with van der Waals surface area (Å²) in [4.78, 5) is 0. The molecule has 0 aliphatic carbocycles. The van der Waals surface area contributed by atoms with Crippen LogP contribution in [0.15, 0.2) is 18.2 Å². The molecule has 2 nitrogen and oxygen atoms in total. The molecule has 15 heavy (non-hydrogen) atoms. The lowest BCUT2D eigenvalue weighted by Gasteiger charge is -2.31. The monoisotopic (exact) mass is 211 g/mol. The van der Waals surface area contributed by atoms with Crippen molar-refractivity contribution < 1.29 is 9.13 Å². The minimum Gasteiger partial charge on any atom is -0.493 e. The van der Waals surface area contributed by atoms with Gasteiger partial charge in [-0.2, -0.15) is 0 Å². The third-order valence-electron chi connectivity index (χ3n) is 2.95. The highest BCUT2D eigenvalue weighted by atomic mass is 19.1. The van der Waals surface area contributed by atoms with Crippen molar-refractivity contribution >= 4 is 0 Å². The van der Waals surface area contributed by atoms with Crippen LogP contribution in [-0.2, 0) is 5.54 Å². The number of hydrogen-bond acceptors (Lipinski definition) is 2. The van der Waals surface area contributed by atoms with Crippen molar-refractivity contribution in [2.45, 2.75) is 26.3 Å². The Hall–Kier alpha value is -1.09. The largest absolute Gasteiger partial charge is 0.493 e. The molecular weight excluding hydrogens is 193 g/mol. The van der Waals surface area contributed by atoms with E-state index in [1.54, 1.807) is 6.07 Å². The summed E-state index contributed by atoms with van der Waals surface area (Å²) < 4.78 is 18.5. The quantitative estimate of drug-likeness (QED) is 0.834. The summed E-state index contributed by atoms with van der Waals surface area (Å²) in [5, 5.41) is 0. The first kappa shape index (κ1) is 12.0. The Kier molecular flexibility index (Phi) is 3.35. The van der Waals surface area contributed by atoms with Crippen LogP contribution in [0.3, 0.4) is 0 Å². The van der Waals surface area contributed by atoms with E-state index in [2.05, 4.69) is 0 Å². The summed E-state index contributed by atoms with van der Waals surface area (Å²) >= 11 is 0. The molecule has 0 aliphatic rings. The summed E-state index contributed by atoms with van der Waals surface area (Å²) in [6.45, 7) is 5.89. The van der Waals surface area contributed by atoms with E-state index in [1.807, 2.05) is 26.8 Å². The van der Waals surface area contributed by atoms with Gasteiger partial charge in [0.05, 0.1) is 7.11 Å². The smallest absolute Gasteiger partial charge is 0.165 e. The Morgan fingerprint density at radius 3 is 2.47 bits per heavy atom. The van der Waals surface area contributed by atoms with Crippen LogP contribution >= 0.6 is 0 Å². The fourth-order valence-corrected chi connectivity index (χ4v) is 1.45. The van der Waals surface area contributed by atoms with Crippen molar-refractivity contribution in [1.82, 2.24) is 0 Å². The zero-order chi connectivity index (χ0) is 11.6. The maximum atomic E-state index is 13.5. The topological polar surface area (TPSA) is 35.2 Å². The van der Waals surface area contributed by atoms with Crippen LogP contribution < -0.4 is 10.5 Å². The molecule has 0 amide bonds. The minimum atomic E-state index is -0.590. The average molecular weight is 211 g/mol. The van der Waals surface area contributed by atoms with Crippen LogP contribution in [0.25, 0.3) is 0 Å². The lowest BCUT2D eigenvalue weighted by molar-refractivity contribution is 0.317. The van der Waals surface area contributed by atoms with Gasteiger partial charge in [-0.15, -0.1) is 0 Å². The molecule has 0 aromatic heterocycles. The molecule has 2 N–H and O–H groups in total. The van der Waals surface area contributed by atoms with Gasteiger partial charge in [-0.05, 0) is 18.9 Å². The molecule has 84 valence electrons. The minimum absolute atomic E-state index is 0.202. The highest BCUT2D eigenvalue weighted by molar-refractivity contribution is 5.40. The summed E-state index contributed by atoms with van der Waals surface area (Å²) in [6, 6.07) is 4.83. The first-order valence-electron chi connectivity index (χ1n) is 5.03. The average Bonchev–Trinajstić information content (AvgIpc) is 2.17. The molecule has 3 heteroatoms. The molecule has 1 unspecified atom stereocenters. The van der Waals surface area contributed by atoms with E-state index in [1.165, 1.54) is 13.2 Å². The van der Waals surface area contributed by atoms with Gasteiger partial charge in [0.25, 0.3) is 0 Å². The van der Waals surface area contributed by atoms with Crippen LogP contribution in [0.4, 0.5) is 4.39 Å². The normalized spacial score (nSPS) is 15.1. The Labute approximate surface area is 90.2 Å².